The predicted octanol–water partition coefficient (Wildman–Crippen LogP) is 3.72. The van der Waals surface area contributed by atoms with Crippen LogP contribution in [0, 0.1) is 12.7 Å². The van der Waals surface area contributed by atoms with Gasteiger partial charge in [0.1, 0.15) is 5.82 Å². The van der Waals surface area contributed by atoms with Crippen LogP contribution in [-0.4, -0.2) is 20.7 Å². The van der Waals surface area contributed by atoms with Crippen molar-refractivity contribution in [1.29, 1.82) is 0 Å². The Hall–Kier alpha value is -2.73. The molecule has 0 radical (unpaired) electrons. The van der Waals surface area contributed by atoms with Crippen LogP contribution in [0.5, 0.6) is 0 Å². The van der Waals surface area contributed by atoms with E-state index in [-0.39, 0.29) is 10.6 Å². The third kappa shape index (κ3) is 3.14. The molecule has 122 valence electrons. The van der Waals surface area contributed by atoms with E-state index in [4.69, 9.17) is 11.6 Å². The number of carbonyl (C=O) groups is 1. The van der Waals surface area contributed by atoms with Gasteiger partial charge in [-0.3, -0.25) is 9.48 Å². The van der Waals surface area contributed by atoms with Crippen LogP contribution < -0.4 is 5.32 Å². The van der Waals surface area contributed by atoms with Crippen LogP contribution >= 0.6 is 11.6 Å². The first-order chi connectivity index (χ1) is 11.5. The van der Waals surface area contributed by atoms with Crippen LogP contribution in [-0.2, 0) is 11.8 Å². The lowest BCUT2D eigenvalue weighted by molar-refractivity contribution is -0.111. The minimum atomic E-state index is -0.486. The van der Waals surface area contributed by atoms with Crippen molar-refractivity contribution >= 4 is 40.3 Å². The van der Waals surface area contributed by atoms with Crippen LogP contribution in [0.4, 0.5) is 10.1 Å². The van der Waals surface area contributed by atoms with E-state index in [2.05, 4.69) is 15.4 Å². The molecular weight excluding hydrogens is 331 g/mol. The minimum absolute atomic E-state index is 0.172. The van der Waals surface area contributed by atoms with Gasteiger partial charge < -0.3 is 5.32 Å². The quantitative estimate of drug-likeness (QED) is 0.737. The lowest BCUT2D eigenvalue weighted by Crippen LogP contribution is -2.08. The first kappa shape index (κ1) is 16.1. The first-order valence-corrected chi connectivity index (χ1v) is 7.56. The molecule has 0 spiro atoms. The highest BCUT2D eigenvalue weighted by Crippen LogP contribution is 2.21. The van der Waals surface area contributed by atoms with E-state index in [1.54, 1.807) is 23.0 Å². The van der Waals surface area contributed by atoms with Crippen molar-refractivity contribution in [2.24, 2.45) is 7.05 Å². The smallest absolute Gasteiger partial charge is 0.248 e. The molecule has 5 nitrogen and oxygen atoms in total. The summed E-state index contributed by atoms with van der Waals surface area (Å²) in [5.41, 5.74) is 2.27. The molecule has 0 atom stereocenters. The molecule has 0 aliphatic rings. The highest BCUT2D eigenvalue weighted by atomic mass is 35.5. The summed E-state index contributed by atoms with van der Waals surface area (Å²) in [4.78, 5) is 16.3. The molecule has 0 aliphatic carbocycles. The van der Waals surface area contributed by atoms with Crippen molar-refractivity contribution in [3.05, 3.63) is 58.6 Å². The number of halogens is 2. The summed E-state index contributed by atoms with van der Waals surface area (Å²) >= 11 is 5.92. The van der Waals surface area contributed by atoms with Gasteiger partial charge in [0.05, 0.1) is 22.6 Å². The number of fused-ring (bicyclic) bond motifs is 1. The number of rotatable bonds is 3. The Bertz CT molecular complexity index is 944. The van der Waals surface area contributed by atoms with Gasteiger partial charge in [0.25, 0.3) is 0 Å². The van der Waals surface area contributed by atoms with E-state index in [9.17, 15) is 9.18 Å². The van der Waals surface area contributed by atoms with E-state index in [0.29, 0.717) is 5.69 Å². The normalized spacial score (nSPS) is 11.3. The van der Waals surface area contributed by atoms with Gasteiger partial charge >= 0.3 is 0 Å². The van der Waals surface area contributed by atoms with Crippen molar-refractivity contribution in [2.45, 2.75) is 6.92 Å². The number of hydrogen-bond donors (Lipinski definition) is 1. The molecule has 1 aromatic carbocycles. The largest absolute Gasteiger partial charge is 0.321 e. The van der Waals surface area contributed by atoms with Gasteiger partial charge in [-0.25, -0.2) is 9.37 Å². The van der Waals surface area contributed by atoms with E-state index in [1.165, 1.54) is 24.3 Å². The van der Waals surface area contributed by atoms with Crippen LogP contribution in [0.15, 0.2) is 36.5 Å². The Balaban J connectivity index is 1.80. The van der Waals surface area contributed by atoms with Gasteiger partial charge in [0.2, 0.25) is 5.91 Å². The summed E-state index contributed by atoms with van der Waals surface area (Å²) in [6.07, 6.45) is 4.12. The van der Waals surface area contributed by atoms with E-state index < -0.39 is 11.7 Å². The number of anilines is 1. The molecule has 1 amide bonds. The van der Waals surface area contributed by atoms with Crippen molar-refractivity contribution in [3.63, 3.8) is 0 Å². The number of nitrogens with one attached hydrogen (secondary N) is 1. The summed E-state index contributed by atoms with van der Waals surface area (Å²) in [7, 11) is 1.81. The van der Waals surface area contributed by atoms with Crippen LogP contribution in [0.2, 0.25) is 5.02 Å². The number of hydrogen-bond acceptors (Lipinski definition) is 3. The number of benzene rings is 1. The lowest BCUT2D eigenvalue weighted by atomic mass is 10.2. The highest BCUT2D eigenvalue weighted by Gasteiger charge is 2.08. The van der Waals surface area contributed by atoms with Gasteiger partial charge in [-0.05, 0) is 31.2 Å². The summed E-state index contributed by atoms with van der Waals surface area (Å²) in [6.45, 7) is 1.87. The maximum absolute atomic E-state index is 13.7. The maximum Gasteiger partial charge on any atom is 0.248 e. The summed E-state index contributed by atoms with van der Waals surface area (Å²) in [5.74, 6) is -0.891. The average molecular weight is 345 g/mol. The zero-order chi connectivity index (χ0) is 17.3. The molecule has 0 saturated carbocycles. The fourth-order valence-electron chi connectivity index (χ4n) is 2.39. The summed E-state index contributed by atoms with van der Waals surface area (Å²) < 4.78 is 15.3. The molecule has 1 N–H and O–H groups in total. The minimum Gasteiger partial charge on any atom is -0.321 e. The first-order valence-electron chi connectivity index (χ1n) is 7.18. The molecule has 2 heterocycles. The number of carbonyl (C=O) groups excluding carboxylic acids is 1. The number of aromatic nitrogens is 3. The predicted molar refractivity (Wildman–Crippen MR) is 92.3 cm³/mol. The van der Waals surface area contributed by atoms with Crippen LogP contribution in [0.3, 0.4) is 0 Å². The average Bonchev–Trinajstić information content (AvgIpc) is 2.81. The Kier molecular flexibility index (Phi) is 4.31. The second kappa shape index (κ2) is 6.41. The number of amides is 1. The fraction of sp³-hybridized carbons (Fsp3) is 0.118. The zero-order valence-electron chi connectivity index (χ0n) is 13.0. The molecule has 0 fully saturated rings. The standard InChI is InChI=1S/C17H14ClFN4O/c1-10-13-8-11(9-20-17(13)23(2)22-10)21-16(24)7-6-12-14(18)4-3-5-15(12)19/h3-9H,1-2H3,(H,21,24). The highest BCUT2D eigenvalue weighted by molar-refractivity contribution is 6.32. The second-order valence-electron chi connectivity index (χ2n) is 5.26. The molecular formula is C17H14ClFN4O. The van der Waals surface area contributed by atoms with Gasteiger partial charge in [0.15, 0.2) is 5.65 Å². The molecule has 0 saturated heterocycles. The Morgan fingerprint density at radius 1 is 1.42 bits per heavy atom. The van der Waals surface area contributed by atoms with Crippen LogP contribution in [0.25, 0.3) is 17.1 Å². The van der Waals surface area contributed by atoms with E-state index in [0.717, 1.165) is 16.7 Å². The Labute approximate surface area is 142 Å². The Morgan fingerprint density at radius 2 is 2.21 bits per heavy atom. The monoisotopic (exact) mass is 344 g/mol. The van der Waals surface area contributed by atoms with Crippen molar-refractivity contribution in [1.82, 2.24) is 14.8 Å². The molecule has 0 bridgehead atoms. The molecule has 0 aliphatic heterocycles. The number of pyridine rings is 1. The second-order valence-corrected chi connectivity index (χ2v) is 5.67. The summed E-state index contributed by atoms with van der Waals surface area (Å²) in [5, 5.41) is 8.07. The lowest BCUT2D eigenvalue weighted by Gasteiger charge is -2.03. The number of nitrogens with zero attached hydrogens (tertiary/aromatic N) is 3. The number of aryl methyl sites for hydroxylation is 2. The summed E-state index contributed by atoms with van der Waals surface area (Å²) in [6, 6.07) is 6.15. The van der Waals surface area contributed by atoms with E-state index in [1.807, 2.05) is 14.0 Å². The van der Waals surface area contributed by atoms with E-state index >= 15 is 0 Å². The Morgan fingerprint density at radius 3 is 2.96 bits per heavy atom. The van der Waals surface area contributed by atoms with Crippen molar-refractivity contribution < 1.29 is 9.18 Å². The van der Waals surface area contributed by atoms with Gasteiger partial charge in [-0.1, -0.05) is 17.7 Å². The molecule has 0 unspecified atom stereocenters. The van der Waals surface area contributed by atoms with Gasteiger partial charge in [0, 0.05) is 24.1 Å². The molecule has 24 heavy (non-hydrogen) atoms. The van der Waals surface area contributed by atoms with Gasteiger partial charge in [-0.2, -0.15) is 5.10 Å². The zero-order valence-corrected chi connectivity index (χ0v) is 13.8. The third-order valence-corrected chi connectivity index (χ3v) is 3.86. The topological polar surface area (TPSA) is 59.8 Å². The van der Waals surface area contributed by atoms with Crippen molar-refractivity contribution in [2.75, 3.05) is 5.32 Å². The van der Waals surface area contributed by atoms with Crippen molar-refractivity contribution in [3.8, 4) is 0 Å². The molecule has 3 rings (SSSR count). The third-order valence-electron chi connectivity index (χ3n) is 3.53. The molecule has 3 aromatic rings. The molecule has 2 aromatic heterocycles. The van der Waals surface area contributed by atoms with Crippen LogP contribution in [0.1, 0.15) is 11.3 Å². The maximum atomic E-state index is 13.7. The van der Waals surface area contributed by atoms with Gasteiger partial charge in [-0.15, -0.1) is 0 Å². The molecule has 7 heteroatoms. The fourth-order valence-corrected chi connectivity index (χ4v) is 2.62. The SMILES string of the molecule is Cc1nn(C)c2ncc(NC(=O)C=Cc3c(F)cccc3Cl)cc12.